The fourth-order valence-corrected chi connectivity index (χ4v) is 0.719. The van der Waals surface area contributed by atoms with Crippen molar-refractivity contribution >= 4 is 5.69 Å². The van der Waals surface area contributed by atoms with Gasteiger partial charge in [-0.15, -0.1) is 0 Å². The van der Waals surface area contributed by atoms with Crippen LogP contribution in [0.4, 0.5) is 5.69 Å². The molecule has 5 nitrogen and oxygen atoms in total. The lowest BCUT2D eigenvalue weighted by atomic mass is 10.3. The van der Waals surface area contributed by atoms with E-state index in [0.717, 1.165) is 18.2 Å². The number of hydrogen-bond donors (Lipinski definition) is 4. The first-order chi connectivity index (χ1) is 5.09. The van der Waals surface area contributed by atoms with Gasteiger partial charge < -0.3 is 15.4 Å². The summed E-state index contributed by atoms with van der Waals surface area (Å²) in [6.45, 7) is 0. The Morgan fingerprint density at radius 3 is 1.91 bits per heavy atom. The molecule has 1 atom stereocenters. The first-order valence-electron chi connectivity index (χ1n) is 2.86. The standard InChI is InChI=1S/C6H7NO4/c8-5-1-4(7(10)11)2-6(9)3-5/h1-3,7-10H. The number of aromatic hydroxyl groups is 2. The third kappa shape index (κ3) is 1.81. The van der Waals surface area contributed by atoms with Crippen LogP contribution in [0, 0.1) is 5.21 Å². The highest BCUT2D eigenvalue weighted by Crippen LogP contribution is 2.20. The summed E-state index contributed by atoms with van der Waals surface area (Å²) in [6, 6.07) is 3.18. The molecule has 1 aromatic carbocycles. The van der Waals surface area contributed by atoms with E-state index in [9.17, 15) is 5.21 Å². The van der Waals surface area contributed by atoms with E-state index in [1.807, 2.05) is 0 Å². The van der Waals surface area contributed by atoms with Crippen molar-refractivity contribution in [1.29, 1.82) is 0 Å². The average molecular weight is 157 g/mol. The molecule has 0 saturated heterocycles. The zero-order valence-corrected chi connectivity index (χ0v) is 5.48. The van der Waals surface area contributed by atoms with Gasteiger partial charge in [-0.25, -0.2) is 5.21 Å². The molecule has 0 saturated carbocycles. The van der Waals surface area contributed by atoms with Crippen molar-refractivity contribution < 1.29 is 20.6 Å². The molecule has 0 aromatic heterocycles. The van der Waals surface area contributed by atoms with Gasteiger partial charge in [-0.1, -0.05) is 0 Å². The Morgan fingerprint density at radius 1 is 1.09 bits per heavy atom. The van der Waals surface area contributed by atoms with Crippen LogP contribution in [0.2, 0.25) is 0 Å². The largest absolute Gasteiger partial charge is 0.595 e. The molecule has 11 heavy (non-hydrogen) atoms. The van der Waals surface area contributed by atoms with Crippen LogP contribution in [-0.4, -0.2) is 15.4 Å². The normalized spacial score (nSPS) is 12.9. The van der Waals surface area contributed by atoms with Crippen LogP contribution in [0.25, 0.3) is 0 Å². The molecular weight excluding hydrogens is 150 g/mol. The van der Waals surface area contributed by atoms with E-state index in [-0.39, 0.29) is 17.2 Å². The van der Waals surface area contributed by atoms with Gasteiger partial charge in [0.15, 0.2) is 5.69 Å². The minimum absolute atomic E-state index is 0.137. The molecule has 0 aliphatic rings. The second kappa shape index (κ2) is 2.75. The van der Waals surface area contributed by atoms with Crippen LogP contribution in [0.3, 0.4) is 0 Å². The zero-order chi connectivity index (χ0) is 8.43. The molecule has 0 radical (unpaired) electrons. The van der Waals surface area contributed by atoms with E-state index in [4.69, 9.17) is 15.4 Å². The molecular formula is C6H7NO4. The lowest BCUT2D eigenvalue weighted by molar-refractivity contribution is -0.991. The highest BCUT2D eigenvalue weighted by molar-refractivity contribution is 5.44. The van der Waals surface area contributed by atoms with Gasteiger partial charge in [0.1, 0.15) is 11.5 Å². The van der Waals surface area contributed by atoms with Gasteiger partial charge in [-0.3, -0.25) is 0 Å². The van der Waals surface area contributed by atoms with E-state index in [1.54, 1.807) is 0 Å². The second-order valence-electron chi connectivity index (χ2n) is 2.04. The average Bonchev–Trinajstić information content (AvgIpc) is 1.85. The summed E-state index contributed by atoms with van der Waals surface area (Å²) in [6.07, 6.45) is 0. The first-order valence-corrected chi connectivity index (χ1v) is 2.86. The molecule has 4 N–H and O–H groups in total. The molecule has 0 bridgehead atoms. The number of quaternary nitrogens is 1. The van der Waals surface area contributed by atoms with Crippen LogP contribution in [0.5, 0.6) is 11.5 Å². The van der Waals surface area contributed by atoms with Gasteiger partial charge in [0.25, 0.3) is 0 Å². The van der Waals surface area contributed by atoms with E-state index in [0.29, 0.717) is 0 Å². The molecule has 0 amide bonds. The second-order valence-corrected chi connectivity index (χ2v) is 2.04. The summed E-state index contributed by atoms with van der Waals surface area (Å²) >= 11 is 0. The van der Waals surface area contributed by atoms with Gasteiger partial charge in [0.05, 0.1) is 0 Å². The third-order valence-corrected chi connectivity index (χ3v) is 1.15. The van der Waals surface area contributed by atoms with Gasteiger partial charge >= 0.3 is 0 Å². The van der Waals surface area contributed by atoms with Crippen molar-refractivity contribution in [1.82, 2.24) is 0 Å². The van der Waals surface area contributed by atoms with Gasteiger partial charge in [-0.05, 0) is 0 Å². The quantitative estimate of drug-likeness (QED) is 0.414. The van der Waals surface area contributed by atoms with E-state index >= 15 is 0 Å². The number of rotatable bonds is 1. The highest BCUT2D eigenvalue weighted by atomic mass is 16.8. The Labute approximate surface area is 62.3 Å². The number of phenols is 2. The molecule has 1 unspecified atom stereocenters. The minimum Gasteiger partial charge on any atom is -0.595 e. The first kappa shape index (κ1) is 7.80. The smallest absolute Gasteiger partial charge is 0.171 e. The zero-order valence-electron chi connectivity index (χ0n) is 5.48. The summed E-state index contributed by atoms with van der Waals surface area (Å²) in [4.78, 5) is 0. The molecule has 1 aromatic rings. The minimum atomic E-state index is -1.18. The van der Waals surface area contributed by atoms with Crippen LogP contribution < -0.4 is 5.23 Å². The van der Waals surface area contributed by atoms with Gasteiger partial charge in [-0.2, -0.15) is 5.23 Å². The summed E-state index contributed by atoms with van der Waals surface area (Å²) < 4.78 is 0. The maximum Gasteiger partial charge on any atom is 0.171 e. The molecule has 60 valence electrons. The van der Waals surface area contributed by atoms with Crippen LogP contribution in [0.1, 0.15) is 0 Å². The number of benzene rings is 1. The van der Waals surface area contributed by atoms with Crippen LogP contribution in [-0.2, 0) is 0 Å². The topological polar surface area (TPSA) is 88.2 Å². The fourth-order valence-electron chi connectivity index (χ4n) is 0.719. The molecule has 0 aliphatic carbocycles. The van der Waals surface area contributed by atoms with Crippen LogP contribution in [0.15, 0.2) is 18.2 Å². The summed E-state index contributed by atoms with van der Waals surface area (Å²) in [5.41, 5.74) is -0.137. The monoisotopic (exact) mass is 157 g/mol. The summed E-state index contributed by atoms with van der Waals surface area (Å²) in [5.74, 6) is -0.523. The van der Waals surface area contributed by atoms with Crippen molar-refractivity contribution in [3.63, 3.8) is 0 Å². The van der Waals surface area contributed by atoms with Crippen molar-refractivity contribution in [2.75, 3.05) is 0 Å². The number of hydrogen-bond acceptors (Lipinski definition) is 4. The number of nitrogens with one attached hydrogen (secondary N) is 1. The van der Waals surface area contributed by atoms with Gasteiger partial charge in [0, 0.05) is 18.2 Å². The maximum absolute atomic E-state index is 10.3. The predicted octanol–water partition coefficient (Wildman–Crippen LogP) is -0.499. The molecule has 1 rings (SSSR count). The molecule has 0 heterocycles. The highest BCUT2D eigenvalue weighted by Gasteiger charge is 2.03. The Kier molecular flexibility index (Phi) is 1.95. The molecule has 0 spiro atoms. The fraction of sp³-hybridized carbons (Fsp3) is 0. The Morgan fingerprint density at radius 2 is 1.55 bits per heavy atom. The molecule has 5 heteroatoms. The van der Waals surface area contributed by atoms with Gasteiger partial charge in [0.2, 0.25) is 0 Å². The predicted molar refractivity (Wildman–Crippen MR) is 35.5 cm³/mol. The lowest BCUT2D eigenvalue weighted by Crippen LogP contribution is -2.99. The number of phenolic OH excluding ortho intramolecular Hbond substituents is 2. The third-order valence-electron chi connectivity index (χ3n) is 1.15. The van der Waals surface area contributed by atoms with Crippen molar-refractivity contribution in [3.8, 4) is 11.5 Å². The lowest BCUT2D eigenvalue weighted by Gasteiger charge is -2.11. The van der Waals surface area contributed by atoms with E-state index in [2.05, 4.69) is 0 Å². The summed E-state index contributed by atoms with van der Waals surface area (Å²) in [7, 11) is 0. The summed E-state index contributed by atoms with van der Waals surface area (Å²) in [5, 5.41) is 35.1. The molecule has 0 fully saturated rings. The Bertz CT molecular complexity index is 241. The van der Waals surface area contributed by atoms with Crippen molar-refractivity contribution in [2.45, 2.75) is 0 Å². The SMILES string of the molecule is [O-][NH+](O)c1cc(O)cc(O)c1. The maximum atomic E-state index is 10.3. The Hall–Kier alpha value is -1.30. The van der Waals surface area contributed by atoms with Crippen LogP contribution >= 0.6 is 0 Å². The van der Waals surface area contributed by atoms with Crippen molar-refractivity contribution in [2.24, 2.45) is 0 Å². The van der Waals surface area contributed by atoms with E-state index < -0.39 is 5.23 Å². The van der Waals surface area contributed by atoms with Crippen molar-refractivity contribution in [3.05, 3.63) is 23.4 Å². The Balaban J connectivity index is 3.08. The molecule has 0 aliphatic heterocycles. The van der Waals surface area contributed by atoms with E-state index in [1.165, 1.54) is 0 Å².